The Labute approximate surface area is 138 Å². The number of nitrogens with zero attached hydrogens (tertiary/aromatic N) is 3. The van der Waals surface area contributed by atoms with Crippen LogP contribution in [0.1, 0.15) is 32.7 Å². The van der Waals surface area contributed by atoms with Crippen molar-refractivity contribution in [2.24, 2.45) is 5.92 Å². The molecule has 0 aliphatic carbocycles. The molecule has 128 valence electrons. The molecule has 8 heteroatoms. The number of carboxylic acid groups (broad SMARTS) is 1. The molecule has 1 heterocycles. The summed E-state index contributed by atoms with van der Waals surface area (Å²) in [6, 6.07) is 5.91. The molecular weight excluding hydrogens is 312 g/mol. The fourth-order valence-electron chi connectivity index (χ4n) is 2.41. The molecule has 1 aromatic carbocycles. The van der Waals surface area contributed by atoms with Gasteiger partial charge in [0.05, 0.1) is 5.39 Å². The van der Waals surface area contributed by atoms with E-state index in [0.717, 1.165) is 4.68 Å². The minimum absolute atomic E-state index is 0.0656. The molecule has 2 atom stereocenters. The number of carboxylic acids is 1. The maximum Gasteiger partial charge on any atom is 0.278 e. The molecule has 0 fully saturated rings. The Morgan fingerprint density at radius 3 is 2.71 bits per heavy atom. The largest absolute Gasteiger partial charge is 0.550 e. The quantitative estimate of drug-likeness (QED) is 0.740. The van der Waals surface area contributed by atoms with E-state index in [-0.39, 0.29) is 18.9 Å². The summed E-state index contributed by atoms with van der Waals surface area (Å²) in [5.74, 6) is -1.89. The molecule has 24 heavy (non-hydrogen) atoms. The number of rotatable bonds is 7. The first-order valence-corrected chi connectivity index (χ1v) is 7.77. The molecule has 1 N–H and O–H groups in total. The van der Waals surface area contributed by atoms with E-state index in [0.29, 0.717) is 17.3 Å². The van der Waals surface area contributed by atoms with Crippen LogP contribution in [0.2, 0.25) is 0 Å². The highest BCUT2D eigenvalue weighted by atomic mass is 16.4. The first-order valence-electron chi connectivity index (χ1n) is 7.77. The molecule has 0 saturated heterocycles. The van der Waals surface area contributed by atoms with Gasteiger partial charge in [-0.3, -0.25) is 9.59 Å². The van der Waals surface area contributed by atoms with Crippen molar-refractivity contribution in [3.8, 4) is 0 Å². The number of carbonyl (C=O) groups excluding carboxylic acids is 2. The van der Waals surface area contributed by atoms with Crippen LogP contribution in [0.3, 0.4) is 0 Å². The van der Waals surface area contributed by atoms with E-state index in [1.54, 1.807) is 24.3 Å². The van der Waals surface area contributed by atoms with Gasteiger partial charge >= 0.3 is 0 Å². The highest BCUT2D eigenvalue weighted by molar-refractivity contribution is 5.82. The van der Waals surface area contributed by atoms with Gasteiger partial charge in [0, 0.05) is 18.9 Å². The third kappa shape index (κ3) is 3.76. The Hall–Kier alpha value is -2.77. The van der Waals surface area contributed by atoms with Crippen LogP contribution in [0.15, 0.2) is 29.1 Å². The molecule has 2 rings (SSSR count). The summed E-state index contributed by atoms with van der Waals surface area (Å²) in [4.78, 5) is 35.6. The SMILES string of the molecule is CC[C@H](C)[C@@H](C(=O)NCCC(=O)[O-])n1nnc2ccccc2c1=O. The Kier molecular flexibility index (Phi) is 5.62. The number of amides is 1. The summed E-state index contributed by atoms with van der Waals surface area (Å²) in [6.07, 6.45) is 0.344. The maximum atomic E-state index is 12.7. The molecular formula is C16H19N4O4-. The lowest BCUT2D eigenvalue weighted by molar-refractivity contribution is -0.305. The molecule has 1 aromatic heterocycles. The lowest BCUT2D eigenvalue weighted by Crippen LogP contribution is -2.43. The van der Waals surface area contributed by atoms with Crippen LogP contribution >= 0.6 is 0 Å². The summed E-state index contributed by atoms with van der Waals surface area (Å²) in [6.45, 7) is 3.65. The third-order valence-electron chi connectivity index (χ3n) is 3.93. The Bertz CT molecular complexity index is 802. The van der Waals surface area contributed by atoms with Crippen LogP contribution in [0.25, 0.3) is 10.9 Å². The highest BCUT2D eigenvalue weighted by Gasteiger charge is 2.28. The van der Waals surface area contributed by atoms with Crippen LogP contribution in [0.5, 0.6) is 0 Å². The molecule has 0 spiro atoms. The number of carbonyl (C=O) groups is 2. The fraction of sp³-hybridized carbons (Fsp3) is 0.438. The maximum absolute atomic E-state index is 12.7. The lowest BCUT2D eigenvalue weighted by Gasteiger charge is -2.23. The average Bonchev–Trinajstić information content (AvgIpc) is 2.56. The molecule has 0 unspecified atom stereocenters. The Morgan fingerprint density at radius 2 is 2.04 bits per heavy atom. The molecule has 0 aliphatic rings. The number of hydrogen-bond acceptors (Lipinski definition) is 6. The van der Waals surface area contributed by atoms with Gasteiger partial charge in [0.2, 0.25) is 5.91 Å². The van der Waals surface area contributed by atoms with Crippen molar-refractivity contribution in [3.05, 3.63) is 34.6 Å². The predicted octanol–water partition coefficient (Wildman–Crippen LogP) is -0.365. The molecule has 0 saturated carbocycles. The summed E-state index contributed by atoms with van der Waals surface area (Å²) in [5.41, 5.74) is 0.0555. The van der Waals surface area contributed by atoms with E-state index in [2.05, 4.69) is 15.6 Å². The van der Waals surface area contributed by atoms with Gasteiger partial charge in [-0.15, -0.1) is 5.10 Å². The smallest absolute Gasteiger partial charge is 0.278 e. The Balaban J connectivity index is 2.38. The third-order valence-corrected chi connectivity index (χ3v) is 3.93. The number of hydrogen-bond donors (Lipinski definition) is 1. The minimum atomic E-state index is -1.25. The zero-order valence-electron chi connectivity index (χ0n) is 13.6. The topological polar surface area (TPSA) is 117 Å². The van der Waals surface area contributed by atoms with Crippen molar-refractivity contribution < 1.29 is 14.7 Å². The lowest BCUT2D eigenvalue weighted by atomic mass is 9.98. The number of aliphatic carboxylic acids is 1. The molecule has 0 aliphatic heterocycles. The zero-order chi connectivity index (χ0) is 17.7. The fourth-order valence-corrected chi connectivity index (χ4v) is 2.41. The van der Waals surface area contributed by atoms with Crippen molar-refractivity contribution in [3.63, 3.8) is 0 Å². The highest BCUT2D eigenvalue weighted by Crippen LogP contribution is 2.19. The number of nitrogens with one attached hydrogen (secondary N) is 1. The van der Waals surface area contributed by atoms with Crippen molar-refractivity contribution in [1.82, 2.24) is 20.3 Å². The first kappa shape index (κ1) is 17.6. The molecule has 0 radical (unpaired) electrons. The van der Waals surface area contributed by atoms with Crippen LogP contribution in [-0.2, 0) is 9.59 Å². The van der Waals surface area contributed by atoms with Gasteiger partial charge in [0.1, 0.15) is 11.6 Å². The zero-order valence-corrected chi connectivity index (χ0v) is 13.6. The monoisotopic (exact) mass is 331 g/mol. The first-order chi connectivity index (χ1) is 11.5. The van der Waals surface area contributed by atoms with E-state index in [4.69, 9.17) is 0 Å². The van der Waals surface area contributed by atoms with E-state index in [1.165, 1.54) is 0 Å². The Morgan fingerprint density at radius 1 is 1.33 bits per heavy atom. The van der Waals surface area contributed by atoms with Crippen LogP contribution < -0.4 is 16.0 Å². The van der Waals surface area contributed by atoms with E-state index in [9.17, 15) is 19.5 Å². The van der Waals surface area contributed by atoms with Crippen LogP contribution in [0, 0.1) is 5.92 Å². The summed E-state index contributed by atoms with van der Waals surface area (Å²) >= 11 is 0. The predicted molar refractivity (Wildman–Crippen MR) is 84.9 cm³/mol. The minimum Gasteiger partial charge on any atom is -0.550 e. The van der Waals surface area contributed by atoms with Gasteiger partial charge in [0.15, 0.2) is 0 Å². The normalized spacial score (nSPS) is 13.4. The van der Waals surface area contributed by atoms with Gasteiger partial charge in [-0.1, -0.05) is 37.6 Å². The molecule has 8 nitrogen and oxygen atoms in total. The molecule has 0 bridgehead atoms. The van der Waals surface area contributed by atoms with Gasteiger partial charge in [-0.05, 0) is 18.1 Å². The number of fused-ring (bicyclic) bond motifs is 1. The van der Waals surface area contributed by atoms with Crippen molar-refractivity contribution >= 4 is 22.8 Å². The van der Waals surface area contributed by atoms with E-state index in [1.807, 2.05) is 13.8 Å². The molecule has 1 amide bonds. The summed E-state index contributed by atoms with van der Waals surface area (Å²) < 4.78 is 1.07. The van der Waals surface area contributed by atoms with E-state index >= 15 is 0 Å². The second-order valence-corrected chi connectivity index (χ2v) is 5.60. The van der Waals surface area contributed by atoms with Gasteiger partial charge < -0.3 is 15.2 Å². The standard InChI is InChI=1S/C16H20N4O4/c1-3-10(2)14(15(23)17-9-8-13(21)22)20-16(24)11-6-4-5-7-12(11)18-19-20/h4-7,10,14H,3,8-9H2,1-2H3,(H,17,23)(H,21,22)/p-1/t10-,14-/m0/s1. The second kappa shape index (κ2) is 7.67. The molecule has 2 aromatic rings. The summed E-state index contributed by atoms with van der Waals surface area (Å²) in [5, 5.41) is 21.3. The van der Waals surface area contributed by atoms with Crippen LogP contribution in [0.4, 0.5) is 0 Å². The van der Waals surface area contributed by atoms with Gasteiger partial charge in [-0.25, -0.2) is 0 Å². The van der Waals surface area contributed by atoms with Gasteiger partial charge in [-0.2, -0.15) is 4.68 Å². The second-order valence-electron chi connectivity index (χ2n) is 5.60. The number of benzene rings is 1. The van der Waals surface area contributed by atoms with Crippen LogP contribution in [-0.4, -0.2) is 33.4 Å². The summed E-state index contributed by atoms with van der Waals surface area (Å²) in [7, 11) is 0. The van der Waals surface area contributed by atoms with Crippen molar-refractivity contribution in [2.45, 2.75) is 32.7 Å². The average molecular weight is 331 g/mol. The van der Waals surface area contributed by atoms with Crippen molar-refractivity contribution in [1.29, 1.82) is 0 Å². The number of aromatic nitrogens is 3. The van der Waals surface area contributed by atoms with E-state index < -0.39 is 23.5 Å². The van der Waals surface area contributed by atoms with Crippen molar-refractivity contribution in [2.75, 3.05) is 6.54 Å². The van der Waals surface area contributed by atoms with Gasteiger partial charge in [0.25, 0.3) is 5.56 Å².